The van der Waals surface area contributed by atoms with E-state index in [1.165, 1.54) is 11.3 Å². The number of hydrogen-bond donors (Lipinski definition) is 0. The molecule has 0 fully saturated rings. The van der Waals surface area contributed by atoms with Gasteiger partial charge in [-0.3, -0.25) is 4.98 Å². The van der Waals surface area contributed by atoms with Gasteiger partial charge in [-0.1, -0.05) is 0 Å². The van der Waals surface area contributed by atoms with E-state index < -0.39 is 0 Å². The van der Waals surface area contributed by atoms with E-state index in [0.29, 0.717) is 0 Å². The molecule has 1 rings (SSSR count). The summed E-state index contributed by atoms with van der Waals surface area (Å²) in [5, 5.41) is 0. The highest BCUT2D eigenvalue weighted by Crippen LogP contribution is 2.23. The number of rotatable bonds is 2. The minimum Gasteiger partial charge on any atom is -0.302 e. The standard InChI is InChI=1S/C7H9NOS/c1-7(2,4-9)6-3-8-5-10-6/h3-5H,1-2H3. The second kappa shape index (κ2) is 2.50. The molecule has 0 N–H and O–H groups in total. The van der Waals surface area contributed by atoms with Crippen molar-refractivity contribution in [3.63, 3.8) is 0 Å². The van der Waals surface area contributed by atoms with E-state index in [1.807, 2.05) is 13.8 Å². The molecule has 10 heavy (non-hydrogen) atoms. The summed E-state index contributed by atoms with van der Waals surface area (Å²) in [6.07, 6.45) is 2.68. The monoisotopic (exact) mass is 155 g/mol. The van der Waals surface area contributed by atoms with Crippen LogP contribution < -0.4 is 0 Å². The van der Waals surface area contributed by atoms with E-state index in [0.717, 1.165) is 11.2 Å². The Bertz CT molecular complexity index is 216. The lowest BCUT2D eigenvalue weighted by molar-refractivity contribution is -0.111. The number of carbonyl (C=O) groups is 1. The number of aldehydes is 1. The van der Waals surface area contributed by atoms with Gasteiger partial charge in [0.2, 0.25) is 0 Å². The van der Waals surface area contributed by atoms with Gasteiger partial charge in [-0.05, 0) is 13.8 Å². The summed E-state index contributed by atoms with van der Waals surface area (Å²) in [6.45, 7) is 3.76. The molecule has 3 heteroatoms. The number of hydrogen-bond acceptors (Lipinski definition) is 3. The highest BCUT2D eigenvalue weighted by atomic mass is 32.1. The predicted octanol–water partition coefficient (Wildman–Crippen LogP) is 1.62. The summed E-state index contributed by atoms with van der Waals surface area (Å²) >= 11 is 1.51. The Morgan fingerprint density at radius 2 is 2.40 bits per heavy atom. The number of aromatic nitrogens is 1. The van der Waals surface area contributed by atoms with Gasteiger partial charge in [0.25, 0.3) is 0 Å². The van der Waals surface area contributed by atoms with Gasteiger partial charge in [0.15, 0.2) is 0 Å². The number of thiazole rings is 1. The van der Waals surface area contributed by atoms with Crippen LogP contribution in [0.5, 0.6) is 0 Å². The van der Waals surface area contributed by atoms with Crippen LogP contribution in [0.4, 0.5) is 0 Å². The average Bonchev–Trinajstić information content (AvgIpc) is 2.38. The van der Waals surface area contributed by atoms with Crippen LogP contribution in [-0.2, 0) is 10.2 Å². The molecule has 0 aliphatic carbocycles. The molecule has 0 aromatic carbocycles. The van der Waals surface area contributed by atoms with E-state index in [4.69, 9.17) is 0 Å². The Morgan fingerprint density at radius 1 is 1.70 bits per heavy atom. The third kappa shape index (κ3) is 1.24. The Balaban J connectivity index is 2.95. The summed E-state index contributed by atoms with van der Waals surface area (Å²) in [4.78, 5) is 15.4. The Labute approximate surface area is 63.9 Å². The Kier molecular flexibility index (Phi) is 1.85. The van der Waals surface area contributed by atoms with E-state index >= 15 is 0 Å². The maximum atomic E-state index is 10.5. The molecule has 0 aliphatic rings. The fourth-order valence-corrected chi connectivity index (χ4v) is 1.30. The number of nitrogens with zero attached hydrogens (tertiary/aromatic N) is 1. The third-order valence-electron chi connectivity index (χ3n) is 1.36. The molecule has 0 radical (unpaired) electrons. The van der Waals surface area contributed by atoms with Gasteiger partial charge in [-0.15, -0.1) is 11.3 Å². The first-order valence-electron chi connectivity index (χ1n) is 3.02. The van der Waals surface area contributed by atoms with Crippen molar-refractivity contribution in [3.05, 3.63) is 16.6 Å². The zero-order valence-corrected chi connectivity index (χ0v) is 6.81. The quantitative estimate of drug-likeness (QED) is 0.607. The summed E-state index contributed by atoms with van der Waals surface area (Å²) in [5.41, 5.74) is 1.38. The fourth-order valence-electron chi connectivity index (χ4n) is 0.592. The smallest absolute Gasteiger partial charge is 0.130 e. The van der Waals surface area contributed by atoms with E-state index in [9.17, 15) is 4.79 Å². The second-order valence-corrected chi connectivity index (χ2v) is 3.59. The van der Waals surface area contributed by atoms with Crippen molar-refractivity contribution >= 4 is 17.6 Å². The molecule has 0 saturated heterocycles. The maximum Gasteiger partial charge on any atom is 0.130 e. The lowest BCUT2D eigenvalue weighted by atomic mass is 9.95. The molecule has 0 atom stereocenters. The van der Waals surface area contributed by atoms with Crippen molar-refractivity contribution in [3.8, 4) is 0 Å². The van der Waals surface area contributed by atoms with Crippen molar-refractivity contribution in [1.82, 2.24) is 4.98 Å². The normalized spacial score (nSPS) is 11.4. The zero-order valence-electron chi connectivity index (χ0n) is 6.00. The average molecular weight is 155 g/mol. The van der Waals surface area contributed by atoms with Gasteiger partial charge in [0.1, 0.15) is 6.29 Å². The van der Waals surface area contributed by atoms with Gasteiger partial charge in [-0.2, -0.15) is 0 Å². The van der Waals surface area contributed by atoms with Crippen molar-refractivity contribution in [2.45, 2.75) is 19.3 Å². The lowest BCUT2D eigenvalue weighted by Gasteiger charge is -2.12. The Hall–Kier alpha value is -0.700. The minimum atomic E-state index is -0.360. The first-order valence-corrected chi connectivity index (χ1v) is 3.90. The van der Waals surface area contributed by atoms with Crippen LogP contribution in [-0.4, -0.2) is 11.3 Å². The molecule has 1 aromatic rings. The molecule has 0 saturated carbocycles. The molecule has 1 heterocycles. The van der Waals surface area contributed by atoms with Crippen LogP contribution >= 0.6 is 11.3 Å². The predicted molar refractivity (Wildman–Crippen MR) is 41.2 cm³/mol. The first kappa shape index (κ1) is 7.41. The topological polar surface area (TPSA) is 30.0 Å². The van der Waals surface area contributed by atoms with Crippen LogP contribution in [0.15, 0.2) is 11.7 Å². The molecule has 0 amide bonds. The molecule has 0 unspecified atom stereocenters. The SMILES string of the molecule is CC(C)(C=O)c1cncs1. The fraction of sp³-hybridized carbons (Fsp3) is 0.429. The van der Waals surface area contributed by atoms with Crippen molar-refractivity contribution in [2.75, 3.05) is 0 Å². The zero-order chi connectivity index (χ0) is 7.61. The van der Waals surface area contributed by atoms with Crippen LogP contribution in [0.3, 0.4) is 0 Å². The van der Waals surface area contributed by atoms with Gasteiger partial charge in [0, 0.05) is 11.1 Å². The molecule has 1 aromatic heterocycles. The lowest BCUT2D eigenvalue weighted by Crippen LogP contribution is -2.16. The van der Waals surface area contributed by atoms with Crippen LogP contribution in [0.25, 0.3) is 0 Å². The summed E-state index contributed by atoms with van der Waals surface area (Å²) in [6, 6.07) is 0. The van der Waals surface area contributed by atoms with Crippen molar-refractivity contribution in [2.24, 2.45) is 0 Å². The van der Waals surface area contributed by atoms with Crippen molar-refractivity contribution < 1.29 is 4.79 Å². The number of carbonyl (C=O) groups excluding carboxylic acids is 1. The molecule has 54 valence electrons. The first-order chi connectivity index (χ1) is 4.67. The highest BCUT2D eigenvalue weighted by molar-refractivity contribution is 7.09. The molecule has 2 nitrogen and oxygen atoms in total. The highest BCUT2D eigenvalue weighted by Gasteiger charge is 2.20. The molecular weight excluding hydrogens is 146 g/mol. The molecular formula is C7H9NOS. The summed E-state index contributed by atoms with van der Waals surface area (Å²) in [7, 11) is 0. The minimum absolute atomic E-state index is 0.360. The Morgan fingerprint density at radius 3 is 2.80 bits per heavy atom. The molecule has 0 bridgehead atoms. The van der Waals surface area contributed by atoms with Gasteiger partial charge < -0.3 is 4.79 Å². The molecule has 0 spiro atoms. The second-order valence-electron chi connectivity index (χ2n) is 2.71. The third-order valence-corrected chi connectivity index (χ3v) is 2.47. The molecule has 0 aliphatic heterocycles. The van der Waals surface area contributed by atoms with Gasteiger partial charge >= 0.3 is 0 Å². The summed E-state index contributed by atoms with van der Waals surface area (Å²) in [5.74, 6) is 0. The van der Waals surface area contributed by atoms with Gasteiger partial charge in [-0.25, -0.2) is 0 Å². The van der Waals surface area contributed by atoms with Crippen molar-refractivity contribution in [1.29, 1.82) is 0 Å². The van der Waals surface area contributed by atoms with Crippen LogP contribution in [0.1, 0.15) is 18.7 Å². The van der Waals surface area contributed by atoms with Crippen LogP contribution in [0.2, 0.25) is 0 Å². The maximum absolute atomic E-state index is 10.5. The van der Waals surface area contributed by atoms with Crippen LogP contribution in [0, 0.1) is 0 Å². The van der Waals surface area contributed by atoms with E-state index in [-0.39, 0.29) is 5.41 Å². The van der Waals surface area contributed by atoms with Gasteiger partial charge in [0.05, 0.1) is 10.9 Å². The summed E-state index contributed by atoms with van der Waals surface area (Å²) < 4.78 is 0. The van der Waals surface area contributed by atoms with E-state index in [1.54, 1.807) is 11.7 Å². The largest absolute Gasteiger partial charge is 0.302 e. The van der Waals surface area contributed by atoms with E-state index in [2.05, 4.69) is 4.98 Å².